The Hall–Kier alpha value is -2.77. The molecule has 0 unspecified atom stereocenters. The summed E-state index contributed by atoms with van der Waals surface area (Å²) in [4.78, 5) is 8.97. The number of nitrogens with zero attached hydrogens (tertiary/aromatic N) is 4. The third kappa shape index (κ3) is 3.58. The molecule has 0 aliphatic rings. The Morgan fingerprint density at radius 2 is 1.77 bits per heavy atom. The first-order valence-corrected chi connectivity index (χ1v) is 9.16. The monoisotopic (exact) mass is 383 g/mol. The van der Waals surface area contributed by atoms with Crippen LogP contribution >= 0.6 is 23.4 Å². The minimum atomic E-state index is 0.457. The maximum Gasteiger partial charge on any atom is 0.257 e. The highest BCUT2D eigenvalue weighted by Gasteiger charge is 2.12. The largest absolute Gasteiger partial charge is 0.337 e. The van der Waals surface area contributed by atoms with Gasteiger partial charge in [0.15, 0.2) is 11.0 Å². The molecule has 0 aliphatic heterocycles. The molecule has 6 nitrogen and oxygen atoms in total. The second-order valence-electron chi connectivity index (χ2n) is 5.49. The van der Waals surface area contributed by atoms with E-state index in [4.69, 9.17) is 22.0 Å². The van der Waals surface area contributed by atoms with Crippen LogP contribution in [0.3, 0.4) is 0 Å². The van der Waals surface area contributed by atoms with Crippen molar-refractivity contribution in [1.82, 2.24) is 19.8 Å². The lowest BCUT2D eigenvalue weighted by atomic mass is 10.2. The zero-order valence-corrected chi connectivity index (χ0v) is 15.1. The summed E-state index contributed by atoms with van der Waals surface area (Å²) >= 11 is 7.34. The van der Waals surface area contributed by atoms with Gasteiger partial charge in [-0.25, -0.2) is 9.66 Å². The van der Waals surface area contributed by atoms with Gasteiger partial charge in [0.25, 0.3) is 5.89 Å². The van der Waals surface area contributed by atoms with Gasteiger partial charge in [0.2, 0.25) is 0 Å². The zero-order chi connectivity index (χ0) is 17.9. The fraction of sp³-hybridized carbons (Fsp3) is 0.0556. The number of thioether (sulfide) groups is 1. The molecule has 2 heterocycles. The van der Waals surface area contributed by atoms with Gasteiger partial charge >= 0.3 is 0 Å². The van der Waals surface area contributed by atoms with Gasteiger partial charge in [0, 0.05) is 16.1 Å². The van der Waals surface area contributed by atoms with E-state index in [-0.39, 0.29) is 0 Å². The van der Waals surface area contributed by atoms with Crippen molar-refractivity contribution in [3.8, 4) is 22.7 Å². The van der Waals surface area contributed by atoms with Gasteiger partial charge < -0.3 is 10.4 Å². The lowest BCUT2D eigenvalue weighted by molar-refractivity contribution is 0.425. The fourth-order valence-corrected chi connectivity index (χ4v) is 3.25. The second kappa shape index (κ2) is 7.23. The normalized spacial score (nSPS) is 11.0. The van der Waals surface area contributed by atoms with Crippen LogP contribution in [0.4, 0.5) is 0 Å². The van der Waals surface area contributed by atoms with E-state index in [9.17, 15) is 0 Å². The Bertz CT molecular complexity index is 1010. The van der Waals surface area contributed by atoms with E-state index in [2.05, 4.69) is 15.1 Å². The van der Waals surface area contributed by atoms with Gasteiger partial charge in [-0.2, -0.15) is 4.98 Å². The smallest absolute Gasteiger partial charge is 0.257 e. The number of nitrogen functional groups attached to an aromatic ring is 1. The average molecular weight is 384 g/mol. The van der Waals surface area contributed by atoms with Crippen LogP contribution in [-0.4, -0.2) is 19.8 Å². The Labute approximate surface area is 159 Å². The van der Waals surface area contributed by atoms with E-state index in [1.807, 2.05) is 42.5 Å². The first-order chi connectivity index (χ1) is 12.7. The fourth-order valence-electron chi connectivity index (χ4n) is 2.38. The molecule has 4 aromatic rings. The van der Waals surface area contributed by atoms with E-state index >= 15 is 0 Å². The Morgan fingerprint density at radius 3 is 2.54 bits per heavy atom. The topological polar surface area (TPSA) is 82.8 Å². The molecule has 0 bridgehead atoms. The van der Waals surface area contributed by atoms with Crippen molar-refractivity contribution in [3.05, 3.63) is 71.6 Å². The molecule has 0 radical (unpaired) electrons. The van der Waals surface area contributed by atoms with Gasteiger partial charge in [-0.15, -0.1) is 0 Å². The van der Waals surface area contributed by atoms with Gasteiger partial charge in [0.1, 0.15) is 0 Å². The molecule has 0 atom stereocenters. The molecular weight excluding hydrogens is 370 g/mol. The molecule has 4 rings (SSSR count). The number of nitrogens with two attached hydrogens (primary N) is 1. The maximum absolute atomic E-state index is 6.01. The zero-order valence-electron chi connectivity index (χ0n) is 13.5. The van der Waals surface area contributed by atoms with E-state index in [1.54, 1.807) is 18.3 Å². The van der Waals surface area contributed by atoms with Gasteiger partial charge in [0.05, 0.1) is 17.6 Å². The third-order valence-corrected chi connectivity index (χ3v) is 4.87. The van der Waals surface area contributed by atoms with E-state index in [0.29, 0.717) is 27.6 Å². The van der Waals surface area contributed by atoms with Crippen molar-refractivity contribution in [2.45, 2.75) is 10.9 Å². The average Bonchev–Trinajstić information content (AvgIpc) is 3.28. The number of halogens is 1. The molecule has 2 N–H and O–H groups in total. The number of imidazole rings is 1. The third-order valence-electron chi connectivity index (χ3n) is 3.66. The highest BCUT2D eigenvalue weighted by atomic mass is 35.5. The van der Waals surface area contributed by atoms with E-state index in [1.165, 1.54) is 16.4 Å². The Morgan fingerprint density at radius 1 is 1.00 bits per heavy atom. The van der Waals surface area contributed by atoms with Crippen LogP contribution < -0.4 is 5.84 Å². The van der Waals surface area contributed by atoms with E-state index < -0.39 is 0 Å². The molecule has 2 aromatic carbocycles. The van der Waals surface area contributed by atoms with Crippen molar-refractivity contribution < 1.29 is 4.52 Å². The minimum Gasteiger partial charge on any atom is -0.337 e. The number of hydrogen-bond acceptors (Lipinski definition) is 6. The highest BCUT2D eigenvalue weighted by Crippen LogP contribution is 2.26. The van der Waals surface area contributed by atoms with E-state index in [0.717, 1.165) is 16.8 Å². The second-order valence-corrected chi connectivity index (χ2v) is 6.87. The summed E-state index contributed by atoms with van der Waals surface area (Å²) in [6.45, 7) is 0. The summed E-state index contributed by atoms with van der Waals surface area (Å²) in [6.07, 6.45) is 1.80. The first kappa shape index (κ1) is 16.7. The molecular formula is C18H14ClN5OS. The van der Waals surface area contributed by atoms with Crippen molar-refractivity contribution >= 4 is 23.4 Å². The lowest BCUT2D eigenvalue weighted by Crippen LogP contribution is -2.07. The van der Waals surface area contributed by atoms with Gasteiger partial charge in [-0.05, 0) is 24.3 Å². The van der Waals surface area contributed by atoms with Crippen LogP contribution in [0.1, 0.15) is 5.82 Å². The number of aromatic nitrogens is 4. The molecule has 0 spiro atoms. The van der Waals surface area contributed by atoms with Crippen LogP contribution in [0.2, 0.25) is 5.02 Å². The van der Waals surface area contributed by atoms with Gasteiger partial charge in [-0.3, -0.25) is 0 Å². The summed E-state index contributed by atoms with van der Waals surface area (Å²) in [6, 6.07) is 17.1. The Kier molecular flexibility index (Phi) is 4.64. The maximum atomic E-state index is 6.01. The van der Waals surface area contributed by atoms with Crippen molar-refractivity contribution in [2.75, 3.05) is 5.84 Å². The quantitative estimate of drug-likeness (QED) is 0.409. The van der Waals surface area contributed by atoms with Crippen molar-refractivity contribution in [2.24, 2.45) is 0 Å². The molecule has 0 saturated heterocycles. The van der Waals surface area contributed by atoms with Crippen LogP contribution in [0.15, 0.2) is 70.5 Å². The highest BCUT2D eigenvalue weighted by molar-refractivity contribution is 7.98. The minimum absolute atomic E-state index is 0.457. The summed E-state index contributed by atoms with van der Waals surface area (Å²) in [5.41, 5.74) is 2.67. The number of benzene rings is 2. The standard InChI is InChI=1S/C18H14ClN5OS/c19-14-8-6-13(7-9-14)17-22-16(23-25-17)11-26-18-21-15(10-24(18)20)12-4-2-1-3-5-12/h1-10H,11,20H2. The first-order valence-electron chi connectivity index (χ1n) is 7.80. The van der Waals surface area contributed by atoms with Crippen LogP contribution in [0, 0.1) is 0 Å². The van der Waals surface area contributed by atoms with Crippen LogP contribution in [-0.2, 0) is 5.75 Å². The number of hydrogen-bond donors (Lipinski definition) is 1. The van der Waals surface area contributed by atoms with Crippen molar-refractivity contribution in [1.29, 1.82) is 0 Å². The predicted octanol–water partition coefficient (Wildman–Crippen LogP) is 4.26. The number of rotatable bonds is 5. The summed E-state index contributed by atoms with van der Waals surface area (Å²) in [7, 11) is 0. The van der Waals surface area contributed by atoms with Crippen LogP contribution in [0.5, 0.6) is 0 Å². The summed E-state index contributed by atoms with van der Waals surface area (Å²) < 4.78 is 6.81. The molecule has 2 aromatic heterocycles. The van der Waals surface area contributed by atoms with Crippen molar-refractivity contribution in [3.63, 3.8) is 0 Å². The SMILES string of the molecule is Nn1cc(-c2ccccc2)nc1SCc1noc(-c2ccc(Cl)cc2)n1. The van der Waals surface area contributed by atoms with Crippen LogP contribution in [0.25, 0.3) is 22.7 Å². The lowest BCUT2D eigenvalue weighted by Gasteiger charge is -1.97. The molecule has 26 heavy (non-hydrogen) atoms. The summed E-state index contributed by atoms with van der Waals surface area (Å²) in [5, 5.41) is 5.35. The van der Waals surface area contributed by atoms with Gasteiger partial charge in [-0.1, -0.05) is 58.9 Å². The molecule has 8 heteroatoms. The molecule has 0 amide bonds. The molecule has 0 aliphatic carbocycles. The summed E-state index contributed by atoms with van der Waals surface area (Å²) in [5.74, 6) is 7.54. The Balaban J connectivity index is 1.46. The molecule has 130 valence electrons. The molecule has 0 saturated carbocycles. The molecule has 0 fully saturated rings. The predicted molar refractivity (Wildman–Crippen MR) is 102 cm³/mol.